The lowest BCUT2D eigenvalue weighted by atomic mass is 9.96. The van der Waals surface area contributed by atoms with E-state index in [4.69, 9.17) is 26.2 Å². The molecule has 0 spiro atoms. The third-order valence-corrected chi connectivity index (χ3v) is 10.7. The molecule has 4 atom stereocenters. The lowest BCUT2D eigenvalue weighted by Gasteiger charge is -2.30. The van der Waals surface area contributed by atoms with E-state index in [2.05, 4.69) is 11.1 Å². The first-order valence-corrected chi connectivity index (χ1v) is 18.9. The van der Waals surface area contributed by atoms with Crippen molar-refractivity contribution in [1.82, 2.24) is 14.8 Å². The van der Waals surface area contributed by atoms with Crippen LogP contribution in [0.5, 0.6) is 5.75 Å². The van der Waals surface area contributed by atoms with Crippen molar-refractivity contribution in [2.75, 3.05) is 39.5 Å². The van der Waals surface area contributed by atoms with E-state index < -0.39 is 55.0 Å². The quantitative estimate of drug-likeness (QED) is 0.0845. The maximum absolute atomic E-state index is 13.2. The van der Waals surface area contributed by atoms with Crippen LogP contribution in [0.4, 0.5) is 0 Å². The molecule has 0 bridgehead atoms. The van der Waals surface area contributed by atoms with Crippen molar-refractivity contribution < 1.29 is 44.6 Å². The van der Waals surface area contributed by atoms with Gasteiger partial charge in [0.25, 0.3) is 0 Å². The van der Waals surface area contributed by atoms with E-state index in [-0.39, 0.29) is 19.1 Å². The second-order valence-electron chi connectivity index (χ2n) is 13.6. The molecule has 5 rings (SSSR count). The number of halogens is 1. The van der Waals surface area contributed by atoms with E-state index in [0.717, 1.165) is 63.5 Å². The van der Waals surface area contributed by atoms with Crippen LogP contribution >= 0.6 is 23.4 Å². The summed E-state index contributed by atoms with van der Waals surface area (Å²) in [5.41, 5.74) is 3.45. The van der Waals surface area contributed by atoms with Crippen molar-refractivity contribution in [3.8, 4) is 16.9 Å². The molecular formula is C38H48ClN3O9S. The smallest absolute Gasteiger partial charge is 0.241 e. The molecule has 5 N–H and O–H groups in total. The predicted octanol–water partition coefficient (Wildman–Crippen LogP) is 3.37. The zero-order valence-corrected chi connectivity index (χ0v) is 31.0. The summed E-state index contributed by atoms with van der Waals surface area (Å²) in [6.07, 6.45) is 1.27. The van der Waals surface area contributed by atoms with Gasteiger partial charge in [-0.15, -0.1) is 11.8 Å². The number of rotatable bonds is 20. The summed E-state index contributed by atoms with van der Waals surface area (Å²) in [6, 6.07) is 15.8. The van der Waals surface area contributed by atoms with Crippen molar-refractivity contribution in [3.63, 3.8) is 0 Å². The number of likely N-dealkylation sites (N-methyl/N-ethyl adjacent to an activating group) is 1. The lowest BCUT2D eigenvalue weighted by Crippen LogP contribution is -2.52. The molecule has 2 aliphatic rings. The molecule has 0 saturated heterocycles. The van der Waals surface area contributed by atoms with E-state index in [9.17, 15) is 30.0 Å². The highest BCUT2D eigenvalue weighted by atomic mass is 35.5. The van der Waals surface area contributed by atoms with Crippen LogP contribution in [-0.4, -0.2) is 122 Å². The predicted molar refractivity (Wildman–Crippen MR) is 197 cm³/mol. The second kappa shape index (κ2) is 18.2. The first-order chi connectivity index (χ1) is 24.9. The number of thioether (sulfide) groups is 1. The third kappa shape index (κ3) is 10.4. The van der Waals surface area contributed by atoms with Gasteiger partial charge >= 0.3 is 0 Å². The monoisotopic (exact) mass is 757 g/mol. The highest BCUT2D eigenvalue weighted by Gasteiger charge is 2.48. The van der Waals surface area contributed by atoms with Gasteiger partial charge < -0.3 is 44.8 Å². The summed E-state index contributed by atoms with van der Waals surface area (Å²) in [6.45, 7) is -1.32. The van der Waals surface area contributed by atoms with Gasteiger partial charge in [-0.2, -0.15) is 0 Å². The number of amides is 2. The van der Waals surface area contributed by atoms with Gasteiger partial charge in [0.1, 0.15) is 30.2 Å². The molecule has 0 aliphatic heterocycles. The number of carbonyl (C=O) groups excluding carboxylic acids is 2. The van der Waals surface area contributed by atoms with Crippen LogP contribution in [0.1, 0.15) is 49.7 Å². The first kappa shape index (κ1) is 39.9. The number of nitrogens with zero attached hydrogens (tertiary/aromatic N) is 3. The Morgan fingerprint density at radius 1 is 1.00 bits per heavy atom. The van der Waals surface area contributed by atoms with Crippen LogP contribution in [0.15, 0.2) is 65.8 Å². The maximum atomic E-state index is 13.2. The summed E-state index contributed by atoms with van der Waals surface area (Å²) in [5.74, 6) is 0.622. The van der Waals surface area contributed by atoms with Crippen LogP contribution in [0.25, 0.3) is 11.1 Å². The molecule has 2 aromatic carbocycles. The molecule has 282 valence electrons. The average Bonchev–Trinajstić information content (AvgIpc) is 4.10. The van der Waals surface area contributed by atoms with Crippen molar-refractivity contribution in [3.05, 3.63) is 77.1 Å². The zero-order valence-electron chi connectivity index (χ0n) is 29.4. The Morgan fingerprint density at radius 2 is 1.73 bits per heavy atom. The largest absolute Gasteiger partial charge is 0.490 e. The fraction of sp³-hybridized carbons (Fsp3) is 0.500. The number of carbonyl (C=O) groups is 2. The van der Waals surface area contributed by atoms with Gasteiger partial charge in [0, 0.05) is 60.5 Å². The number of hydrogen-bond acceptors (Lipinski definition) is 11. The minimum absolute atomic E-state index is 0.0622. The number of pyridine rings is 1. The van der Waals surface area contributed by atoms with Crippen LogP contribution in [0, 0.1) is 0 Å². The van der Waals surface area contributed by atoms with Gasteiger partial charge in [-0.3, -0.25) is 14.6 Å². The summed E-state index contributed by atoms with van der Waals surface area (Å²) in [4.78, 5) is 33.4. The maximum Gasteiger partial charge on any atom is 0.241 e. The Labute approximate surface area is 313 Å². The average molecular weight is 758 g/mol. The lowest BCUT2D eigenvalue weighted by molar-refractivity contribution is -0.145. The second-order valence-corrected chi connectivity index (χ2v) is 15.2. The molecular weight excluding hydrogens is 710 g/mol. The Hall–Kier alpha value is -3.27. The number of benzene rings is 2. The minimum Gasteiger partial charge on any atom is -0.490 e. The molecule has 4 unspecified atom stereocenters. The number of aliphatic hydroxyl groups excluding tert-OH is 5. The van der Waals surface area contributed by atoms with Crippen LogP contribution in [0.3, 0.4) is 0 Å². The van der Waals surface area contributed by atoms with Gasteiger partial charge in [0.05, 0.1) is 31.5 Å². The van der Waals surface area contributed by atoms with Crippen molar-refractivity contribution in [1.29, 1.82) is 0 Å². The summed E-state index contributed by atoms with van der Waals surface area (Å²) in [5, 5.41) is 50.0. The van der Waals surface area contributed by atoms with Gasteiger partial charge in [0.2, 0.25) is 11.8 Å². The molecule has 2 aliphatic carbocycles. The first-order valence-electron chi connectivity index (χ1n) is 17.5. The van der Waals surface area contributed by atoms with Gasteiger partial charge in [-0.25, -0.2) is 0 Å². The zero-order chi connectivity index (χ0) is 37.4. The van der Waals surface area contributed by atoms with E-state index in [1.807, 2.05) is 48.7 Å². The summed E-state index contributed by atoms with van der Waals surface area (Å²) >= 11 is 8.17. The standard InChI is InChI=1S/C38H48ClN3O9S/c1-41(2)35(47)21-42(20-31(44)36(48)37(49)32(45)22-43)34(46)8-5-17-52-26-11-12-30(39)24(18-26)23-50-38(14-15-38)29-19-40-16-13-27(29)28-6-3-4-7-33(28)51-25-9-10-25/h3-4,6-7,11-13,16,18-19,25,31-32,36-37,43-45,48-49H,5,8-10,14-15,17,20-23H2,1-2H3. The van der Waals surface area contributed by atoms with Gasteiger partial charge in [-0.1, -0.05) is 29.8 Å². The topological polar surface area (TPSA) is 173 Å². The van der Waals surface area contributed by atoms with E-state index in [1.54, 1.807) is 18.0 Å². The van der Waals surface area contributed by atoms with Gasteiger partial charge in [-0.05, 0) is 79.3 Å². The Kier molecular flexibility index (Phi) is 14.0. The SMILES string of the molecule is CN(C)C(=O)CN(CC(O)C(O)C(O)C(O)CO)C(=O)CCCSc1ccc(Cl)c(COC2(c3cnccc3-c3ccccc3OC3CC3)CC2)c1. The Balaban J connectivity index is 1.17. The highest BCUT2D eigenvalue weighted by Crippen LogP contribution is 2.53. The van der Waals surface area contributed by atoms with E-state index in [0.29, 0.717) is 23.8 Å². The Morgan fingerprint density at radius 3 is 2.42 bits per heavy atom. The molecule has 12 nitrogen and oxygen atoms in total. The van der Waals surface area contributed by atoms with E-state index >= 15 is 0 Å². The number of aliphatic hydroxyl groups is 5. The molecule has 0 radical (unpaired) electrons. The molecule has 3 aromatic rings. The highest BCUT2D eigenvalue weighted by molar-refractivity contribution is 7.99. The third-order valence-electron chi connectivity index (χ3n) is 9.25. The molecule has 2 fully saturated rings. The van der Waals surface area contributed by atoms with Crippen molar-refractivity contribution in [2.45, 2.75) is 86.1 Å². The Bertz CT molecular complexity index is 1670. The number of aromatic nitrogens is 1. The molecule has 1 aromatic heterocycles. The normalized spacial score (nSPS) is 17.2. The number of ether oxygens (including phenoxy) is 2. The minimum atomic E-state index is -1.85. The summed E-state index contributed by atoms with van der Waals surface area (Å²) in [7, 11) is 3.07. The number of hydrogen-bond donors (Lipinski definition) is 5. The van der Waals surface area contributed by atoms with Crippen molar-refractivity contribution in [2.24, 2.45) is 0 Å². The van der Waals surface area contributed by atoms with Crippen molar-refractivity contribution >= 4 is 35.2 Å². The van der Waals surface area contributed by atoms with Crippen LogP contribution in [-0.2, 0) is 26.5 Å². The molecule has 1 heterocycles. The fourth-order valence-electron chi connectivity index (χ4n) is 5.75. The van der Waals surface area contributed by atoms with E-state index in [1.165, 1.54) is 19.0 Å². The molecule has 2 saturated carbocycles. The molecule has 14 heteroatoms. The number of para-hydroxylation sites is 1. The van der Waals surface area contributed by atoms with Gasteiger partial charge in [0.15, 0.2) is 0 Å². The molecule has 52 heavy (non-hydrogen) atoms. The fourth-order valence-corrected chi connectivity index (χ4v) is 6.84. The summed E-state index contributed by atoms with van der Waals surface area (Å²) < 4.78 is 12.9. The van der Waals surface area contributed by atoms with Crippen LogP contribution < -0.4 is 4.74 Å². The molecule has 2 amide bonds. The van der Waals surface area contributed by atoms with Crippen LogP contribution in [0.2, 0.25) is 5.02 Å².